The molecule has 0 aliphatic carbocycles. The molecule has 1 aromatic heterocycles. The molecule has 0 spiro atoms. The predicted molar refractivity (Wildman–Crippen MR) is 132 cm³/mol. The summed E-state index contributed by atoms with van der Waals surface area (Å²) in [6, 6.07) is 15.6. The number of carbonyl (C=O) groups excluding carboxylic acids is 3. The van der Waals surface area contributed by atoms with Crippen LogP contribution in [0.25, 0.3) is 12.2 Å². The van der Waals surface area contributed by atoms with Gasteiger partial charge in [0.1, 0.15) is 17.0 Å². The van der Waals surface area contributed by atoms with Gasteiger partial charge in [-0.1, -0.05) is 42.5 Å². The molecule has 0 atom stereocenters. The maximum atomic E-state index is 13.1. The SMILES string of the molecule is CCOC(=O)C=c1sc(=Cc2ccc(OC)cc2)c(=O)n1CC(=O)NC(=O)NCc1ccccc1. The fourth-order valence-corrected chi connectivity index (χ4v) is 4.09. The maximum Gasteiger partial charge on any atom is 0.333 e. The largest absolute Gasteiger partial charge is 0.497 e. The fourth-order valence-electron chi connectivity index (χ4n) is 3.06. The second kappa shape index (κ2) is 12.3. The van der Waals surface area contributed by atoms with E-state index in [4.69, 9.17) is 9.47 Å². The molecule has 3 rings (SSSR count). The number of thiazole rings is 1. The molecule has 10 heteroatoms. The van der Waals surface area contributed by atoms with Crippen LogP contribution in [0.15, 0.2) is 59.4 Å². The van der Waals surface area contributed by atoms with Gasteiger partial charge in [-0.05, 0) is 36.3 Å². The first-order valence-electron chi connectivity index (χ1n) is 10.7. The van der Waals surface area contributed by atoms with Gasteiger partial charge < -0.3 is 14.8 Å². The normalized spacial score (nSPS) is 11.7. The van der Waals surface area contributed by atoms with Crippen LogP contribution in [-0.2, 0) is 27.4 Å². The zero-order valence-corrected chi connectivity index (χ0v) is 20.1. The van der Waals surface area contributed by atoms with Crippen LogP contribution in [0.1, 0.15) is 18.1 Å². The molecule has 0 aliphatic rings. The van der Waals surface area contributed by atoms with Gasteiger partial charge in [0.15, 0.2) is 0 Å². The van der Waals surface area contributed by atoms with Gasteiger partial charge in [0.25, 0.3) is 5.56 Å². The zero-order valence-electron chi connectivity index (χ0n) is 19.3. The van der Waals surface area contributed by atoms with E-state index in [0.29, 0.717) is 10.3 Å². The van der Waals surface area contributed by atoms with Crippen LogP contribution in [0.3, 0.4) is 0 Å². The summed E-state index contributed by atoms with van der Waals surface area (Å²) < 4.78 is 11.8. The molecule has 0 aliphatic heterocycles. The summed E-state index contributed by atoms with van der Waals surface area (Å²) in [6.07, 6.45) is 2.81. The van der Waals surface area contributed by atoms with Gasteiger partial charge in [-0.15, -0.1) is 11.3 Å². The number of esters is 1. The van der Waals surface area contributed by atoms with Gasteiger partial charge >= 0.3 is 12.0 Å². The number of methoxy groups -OCH3 is 1. The van der Waals surface area contributed by atoms with Gasteiger partial charge in [0.05, 0.1) is 24.3 Å². The number of benzene rings is 2. The second-order valence-electron chi connectivity index (χ2n) is 7.23. The number of amides is 3. The van der Waals surface area contributed by atoms with Gasteiger partial charge in [-0.25, -0.2) is 9.59 Å². The van der Waals surface area contributed by atoms with Gasteiger partial charge in [-0.2, -0.15) is 0 Å². The van der Waals surface area contributed by atoms with Crippen molar-refractivity contribution in [3.63, 3.8) is 0 Å². The Labute approximate surface area is 205 Å². The molecule has 0 saturated carbocycles. The molecule has 3 aromatic rings. The highest BCUT2D eigenvalue weighted by atomic mass is 32.1. The monoisotopic (exact) mass is 495 g/mol. The number of carbonyl (C=O) groups is 3. The molecular weight excluding hydrogens is 470 g/mol. The first-order valence-corrected chi connectivity index (χ1v) is 11.6. The molecule has 2 aromatic carbocycles. The van der Waals surface area contributed by atoms with Crippen molar-refractivity contribution in [2.45, 2.75) is 20.0 Å². The van der Waals surface area contributed by atoms with E-state index < -0.39 is 30.0 Å². The topological polar surface area (TPSA) is 116 Å². The van der Waals surface area contributed by atoms with Crippen LogP contribution in [0.4, 0.5) is 4.79 Å². The minimum atomic E-state index is -0.704. The van der Waals surface area contributed by atoms with E-state index >= 15 is 0 Å². The van der Waals surface area contributed by atoms with Crippen LogP contribution < -0.4 is 30.1 Å². The molecule has 0 radical (unpaired) electrons. The molecule has 0 bridgehead atoms. The summed E-state index contributed by atoms with van der Waals surface area (Å²) in [5, 5.41) is 4.79. The van der Waals surface area contributed by atoms with E-state index in [1.807, 2.05) is 30.3 Å². The minimum Gasteiger partial charge on any atom is -0.497 e. The minimum absolute atomic E-state index is 0.165. The lowest BCUT2D eigenvalue weighted by Crippen LogP contribution is -2.44. The van der Waals surface area contributed by atoms with E-state index in [1.54, 1.807) is 44.4 Å². The Bertz CT molecular complexity index is 1360. The summed E-state index contributed by atoms with van der Waals surface area (Å²) in [5.74, 6) is -0.672. The maximum absolute atomic E-state index is 13.1. The van der Waals surface area contributed by atoms with Crippen molar-refractivity contribution in [1.29, 1.82) is 0 Å². The Kier molecular flexibility index (Phi) is 8.96. The number of nitrogens with zero attached hydrogens (tertiary/aromatic N) is 1. The van der Waals surface area contributed by atoms with Crippen molar-refractivity contribution in [2.75, 3.05) is 13.7 Å². The number of imide groups is 1. The lowest BCUT2D eigenvalue weighted by Gasteiger charge is -2.07. The van der Waals surface area contributed by atoms with Crippen molar-refractivity contribution in [1.82, 2.24) is 15.2 Å². The van der Waals surface area contributed by atoms with Crippen LogP contribution in [0.5, 0.6) is 5.75 Å². The Morgan fingerprint density at radius 3 is 2.43 bits per heavy atom. The van der Waals surface area contributed by atoms with Crippen LogP contribution >= 0.6 is 11.3 Å². The number of rotatable bonds is 8. The fraction of sp³-hybridized carbons (Fsp3) is 0.200. The van der Waals surface area contributed by atoms with E-state index in [2.05, 4.69) is 10.6 Å². The van der Waals surface area contributed by atoms with E-state index in [1.165, 1.54) is 0 Å². The Morgan fingerprint density at radius 1 is 1.06 bits per heavy atom. The molecule has 2 N–H and O–H groups in total. The molecule has 1 heterocycles. The molecule has 3 amide bonds. The molecule has 0 saturated heterocycles. The summed E-state index contributed by atoms with van der Waals surface area (Å²) in [5.41, 5.74) is 1.14. The first-order chi connectivity index (χ1) is 16.9. The van der Waals surface area contributed by atoms with E-state index in [9.17, 15) is 19.2 Å². The van der Waals surface area contributed by atoms with Crippen molar-refractivity contribution in [2.24, 2.45) is 0 Å². The van der Waals surface area contributed by atoms with Crippen LogP contribution in [-0.4, -0.2) is 36.2 Å². The molecule has 0 unspecified atom stereocenters. The Hall–Kier alpha value is -4.18. The Morgan fingerprint density at radius 2 is 1.77 bits per heavy atom. The van der Waals surface area contributed by atoms with Crippen LogP contribution in [0, 0.1) is 0 Å². The van der Waals surface area contributed by atoms with E-state index in [0.717, 1.165) is 33.1 Å². The predicted octanol–water partition coefficient (Wildman–Crippen LogP) is 1.12. The lowest BCUT2D eigenvalue weighted by molar-refractivity contribution is -0.135. The number of aromatic nitrogens is 1. The number of hydrogen-bond acceptors (Lipinski definition) is 7. The number of hydrogen-bond donors (Lipinski definition) is 2. The summed E-state index contributed by atoms with van der Waals surface area (Å²) in [6.45, 7) is 1.62. The van der Waals surface area contributed by atoms with Crippen molar-refractivity contribution in [3.8, 4) is 5.75 Å². The molecule has 9 nitrogen and oxygen atoms in total. The average Bonchev–Trinajstić information content (AvgIpc) is 3.12. The Balaban J connectivity index is 1.82. The number of urea groups is 1. The van der Waals surface area contributed by atoms with Gasteiger partial charge in [-0.3, -0.25) is 19.5 Å². The van der Waals surface area contributed by atoms with Crippen molar-refractivity contribution >= 4 is 41.4 Å². The molecular formula is C25H25N3O6S. The smallest absolute Gasteiger partial charge is 0.333 e. The second-order valence-corrected chi connectivity index (χ2v) is 8.29. The standard InChI is InChI=1S/C25H25N3O6S/c1-3-34-23(30)14-22-28(16-21(29)27-25(32)26-15-18-7-5-4-6-8-18)24(31)20(35-22)13-17-9-11-19(33-2)12-10-17/h4-14H,3,15-16H2,1-2H3,(H2,26,27,29,32). The van der Waals surface area contributed by atoms with Crippen LogP contribution in [0.2, 0.25) is 0 Å². The average molecular weight is 496 g/mol. The number of nitrogens with one attached hydrogen (secondary N) is 2. The summed E-state index contributed by atoms with van der Waals surface area (Å²) in [4.78, 5) is 49.7. The van der Waals surface area contributed by atoms with Gasteiger partial charge in [0, 0.05) is 6.54 Å². The first kappa shape index (κ1) is 25.4. The molecule has 35 heavy (non-hydrogen) atoms. The number of ether oxygens (including phenoxy) is 2. The highest BCUT2D eigenvalue weighted by Gasteiger charge is 2.13. The zero-order chi connectivity index (χ0) is 25.2. The molecule has 182 valence electrons. The van der Waals surface area contributed by atoms with Gasteiger partial charge in [0.2, 0.25) is 5.91 Å². The van der Waals surface area contributed by atoms with Crippen molar-refractivity contribution < 1.29 is 23.9 Å². The molecule has 0 fully saturated rings. The van der Waals surface area contributed by atoms with Crippen molar-refractivity contribution in [3.05, 3.63) is 85.3 Å². The lowest BCUT2D eigenvalue weighted by atomic mass is 10.2. The third kappa shape index (κ3) is 7.41. The highest BCUT2D eigenvalue weighted by Crippen LogP contribution is 2.11. The highest BCUT2D eigenvalue weighted by molar-refractivity contribution is 7.07. The third-order valence-electron chi connectivity index (χ3n) is 4.73. The summed E-state index contributed by atoms with van der Waals surface area (Å²) in [7, 11) is 1.56. The quantitative estimate of drug-likeness (QED) is 0.453. The third-order valence-corrected chi connectivity index (χ3v) is 5.79. The van der Waals surface area contributed by atoms with E-state index in [-0.39, 0.29) is 17.8 Å². The summed E-state index contributed by atoms with van der Waals surface area (Å²) >= 11 is 1.04.